The molecule has 0 spiro atoms. The number of hydrogen-bond acceptors (Lipinski definition) is 0. The van der Waals surface area contributed by atoms with Crippen LogP contribution in [0.25, 0.3) is 132 Å². The highest BCUT2D eigenvalue weighted by Gasteiger charge is 2.49. The zero-order valence-electron chi connectivity index (χ0n) is 38.7. The molecule has 4 aliphatic rings. The molecule has 19 rings (SSSR count). The molecule has 6 heteroatoms. The number of aromatic nitrogens is 4. The highest BCUT2D eigenvalue weighted by Crippen LogP contribution is 2.47. The monoisotopic (exact) mass is 906 g/mol. The van der Waals surface area contributed by atoms with Crippen molar-refractivity contribution in [2.75, 3.05) is 0 Å². The van der Waals surface area contributed by atoms with Crippen LogP contribution >= 0.6 is 0 Å². The van der Waals surface area contributed by atoms with Crippen LogP contribution < -0.4 is 32.8 Å². The van der Waals surface area contributed by atoms with E-state index in [0.717, 1.165) is 5.69 Å². The number of nitrogens with zero attached hydrogens (tertiary/aromatic N) is 4. The predicted molar refractivity (Wildman–Crippen MR) is 304 cm³/mol. The average molecular weight is 907 g/mol. The molecule has 0 N–H and O–H groups in total. The molecule has 15 aromatic rings. The largest absolute Gasteiger partial charge is 0.311 e. The van der Waals surface area contributed by atoms with Gasteiger partial charge >= 0.3 is 0 Å². The van der Waals surface area contributed by atoms with Crippen molar-refractivity contribution >= 4 is 133 Å². The fourth-order valence-corrected chi connectivity index (χ4v) is 14.9. The summed E-state index contributed by atoms with van der Waals surface area (Å²) in [5, 5.41) is 10.4. The summed E-state index contributed by atoms with van der Waals surface area (Å²) in [6.07, 6.45) is 0. The Morgan fingerprint density at radius 1 is 0.264 bits per heavy atom. The van der Waals surface area contributed by atoms with Gasteiger partial charge in [-0.2, -0.15) is 0 Å². The molecule has 0 saturated heterocycles. The zero-order chi connectivity index (χ0) is 46.2. The Kier molecular flexibility index (Phi) is 6.40. The molecule has 0 bridgehead atoms. The van der Waals surface area contributed by atoms with Crippen LogP contribution in [0, 0.1) is 0 Å². The second-order valence-corrected chi connectivity index (χ2v) is 20.7. The zero-order valence-corrected chi connectivity index (χ0v) is 38.7. The quantitative estimate of drug-likeness (QED) is 0.157. The highest BCUT2D eigenvalue weighted by atomic mass is 15.1. The van der Waals surface area contributed by atoms with Crippen molar-refractivity contribution in [1.82, 2.24) is 18.3 Å². The molecular weight excluding hydrogens is 870 g/mol. The van der Waals surface area contributed by atoms with E-state index < -0.39 is 0 Å². The lowest BCUT2D eigenvalue weighted by molar-refractivity contribution is 1.11. The number of para-hydroxylation sites is 6. The van der Waals surface area contributed by atoms with Gasteiger partial charge in [0.05, 0.1) is 27.6 Å². The molecule has 4 aliphatic heterocycles. The van der Waals surface area contributed by atoms with E-state index in [1.54, 1.807) is 0 Å². The van der Waals surface area contributed by atoms with Crippen LogP contribution in [0.3, 0.4) is 0 Å². The van der Waals surface area contributed by atoms with Gasteiger partial charge < -0.3 is 18.3 Å². The van der Waals surface area contributed by atoms with E-state index in [1.807, 2.05) is 0 Å². The van der Waals surface area contributed by atoms with Gasteiger partial charge in [-0.3, -0.25) is 0 Å². The molecule has 0 saturated carbocycles. The molecule has 0 aliphatic carbocycles. The van der Waals surface area contributed by atoms with E-state index in [4.69, 9.17) is 0 Å². The maximum absolute atomic E-state index is 2.76. The molecule has 72 heavy (non-hydrogen) atoms. The summed E-state index contributed by atoms with van der Waals surface area (Å²) in [6, 6.07) is 82.9. The molecule has 8 heterocycles. The van der Waals surface area contributed by atoms with Crippen LogP contribution in [-0.2, 0) is 0 Å². The number of rotatable bonds is 3. The van der Waals surface area contributed by atoms with Gasteiger partial charge in [0.1, 0.15) is 0 Å². The smallest absolute Gasteiger partial charge is 0.252 e. The van der Waals surface area contributed by atoms with E-state index >= 15 is 0 Å². The van der Waals surface area contributed by atoms with Crippen molar-refractivity contribution in [3.63, 3.8) is 0 Å². The Hall–Kier alpha value is -9.25. The Morgan fingerprint density at radius 2 is 0.722 bits per heavy atom. The van der Waals surface area contributed by atoms with Gasteiger partial charge in [0, 0.05) is 82.4 Å². The molecule has 11 aromatic carbocycles. The van der Waals surface area contributed by atoms with Crippen LogP contribution in [0.5, 0.6) is 0 Å². The highest BCUT2D eigenvalue weighted by molar-refractivity contribution is 7.04. The Balaban J connectivity index is 1.00. The van der Waals surface area contributed by atoms with Crippen LogP contribution in [0.1, 0.15) is 0 Å². The van der Waals surface area contributed by atoms with E-state index in [1.165, 1.54) is 159 Å². The van der Waals surface area contributed by atoms with Gasteiger partial charge in [0.2, 0.25) is 0 Å². The van der Waals surface area contributed by atoms with Gasteiger partial charge in [-0.15, -0.1) is 0 Å². The summed E-state index contributed by atoms with van der Waals surface area (Å²) in [5.74, 6) is 0. The lowest BCUT2D eigenvalue weighted by atomic mass is 9.30. The molecule has 0 unspecified atom stereocenters. The van der Waals surface area contributed by atoms with Crippen molar-refractivity contribution in [2.45, 2.75) is 0 Å². The van der Waals surface area contributed by atoms with Gasteiger partial charge in [-0.05, 0) is 97.5 Å². The normalized spacial score (nSPS) is 13.5. The fraction of sp³-hybridized carbons (Fsp3) is 0. The number of benzene rings is 11. The first kappa shape index (κ1) is 36.7. The standard InChI is InChI=1S/C66H36B2N4/c1-2-15-37(16-3-1)38-17-10-18-39(33-38)40-19-11-20-41(34-40)69-53-30-7-6-23-44(53)48-35-52-65-58(64(48)69)47-26-14-29-51-63(47)72(65)66-59-56(70-54-31-8-4-21-42(54)45-24-12-27-49(61(45)70)67(51)59)36-57-60(66)68(52)50-28-13-25-46-43-22-5-9-32-55(43)71(57)62(46)50/h1-36H. The van der Waals surface area contributed by atoms with Gasteiger partial charge in [-0.25, -0.2) is 0 Å². The van der Waals surface area contributed by atoms with E-state index in [9.17, 15) is 0 Å². The summed E-state index contributed by atoms with van der Waals surface area (Å²) in [4.78, 5) is 0. The van der Waals surface area contributed by atoms with Crippen molar-refractivity contribution < 1.29 is 0 Å². The first-order valence-electron chi connectivity index (χ1n) is 25.3. The summed E-state index contributed by atoms with van der Waals surface area (Å²) < 4.78 is 10.6. The van der Waals surface area contributed by atoms with Crippen LogP contribution in [0.2, 0.25) is 0 Å². The van der Waals surface area contributed by atoms with Gasteiger partial charge in [0.25, 0.3) is 13.4 Å². The van der Waals surface area contributed by atoms with Gasteiger partial charge in [-0.1, -0.05) is 176 Å². The summed E-state index contributed by atoms with van der Waals surface area (Å²) in [7, 11) is 0. The minimum Gasteiger partial charge on any atom is -0.311 e. The molecule has 0 amide bonds. The Morgan fingerprint density at radius 3 is 1.36 bits per heavy atom. The average Bonchev–Trinajstić information content (AvgIpc) is 4.19. The number of fused-ring (bicyclic) bond motifs is 17. The van der Waals surface area contributed by atoms with Crippen molar-refractivity contribution in [1.29, 1.82) is 0 Å². The minimum atomic E-state index is 0.00708. The summed E-state index contributed by atoms with van der Waals surface area (Å²) in [6.45, 7) is 0.0550. The summed E-state index contributed by atoms with van der Waals surface area (Å²) >= 11 is 0. The third kappa shape index (κ3) is 4.11. The van der Waals surface area contributed by atoms with Crippen LogP contribution in [0.4, 0.5) is 0 Å². The minimum absolute atomic E-state index is 0.00708. The number of hydrogen-bond donors (Lipinski definition) is 0. The van der Waals surface area contributed by atoms with E-state index in [2.05, 4.69) is 237 Å². The lowest BCUT2D eigenvalue weighted by Crippen LogP contribution is -2.66. The first-order valence-corrected chi connectivity index (χ1v) is 25.3. The predicted octanol–water partition coefficient (Wildman–Crippen LogP) is 11.7. The van der Waals surface area contributed by atoms with Crippen LogP contribution in [0.15, 0.2) is 218 Å². The molecule has 0 atom stereocenters. The lowest BCUT2D eigenvalue weighted by Gasteiger charge is -2.41. The first-order chi connectivity index (χ1) is 35.8. The third-order valence-corrected chi connectivity index (χ3v) is 17.5. The second-order valence-electron chi connectivity index (χ2n) is 20.7. The Labute approximate surface area is 413 Å². The molecule has 0 fully saturated rings. The van der Waals surface area contributed by atoms with Crippen molar-refractivity contribution in [3.8, 4) is 45.0 Å². The van der Waals surface area contributed by atoms with Gasteiger partial charge in [0.15, 0.2) is 0 Å². The maximum Gasteiger partial charge on any atom is 0.252 e. The molecule has 0 radical (unpaired) electrons. The van der Waals surface area contributed by atoms with E-state index in [-0.39, 0.29) is 13.4 Å². The molecular formula is C66H36B2N4. The topological polar surface area (TPSA) is 19.7 Å². The fourth-order valence-electron chi connectivity index (χ4n) is 14.9. The van der Waals surface area contributed by atoms with Crippen LogP contribution in [-0.4, -0.2) is 31.7 Å². The third-order valence-electron chi connectivity index (χ3n) is 17.5. The molecule has 4 aromatic heterocycles. The maximum atomic E-state index is 2.76. The van der Waals surface area contributed by atoms with Crippen molar-refractivity contribution in [2.24, 2.45) is 0 Å². The molecule has 4 nitrogen and oxygen atoms in total. The van der Waals surface area contributed by atoms with E-state index in [0.29, 0.717) is 0 Å². The SMILES string of the molecule is c1ccc(-c2cccc(-c3cccc(-n4c5ccccc5c5cc6c7c(c8cccc9c8n7-c7c8c(cc%10c7B6c6cccc7c%11ccccc%11n-%10c67)-n6c7ccccc7c7cccc(c76)B89)c54)c3)c2)cc1. The summed E-state index contributed by atoms with van der Waals surface area (Å²) in [5.41, 5.74) is 28.6. The second kappa shape index (κ2) is 12.6. The van der Waals surface area contributed by atoms with Crippen molar-refractivity contribution in [3.05, 3.63) is 218 Å². The Bertz CT molecular complexity index is 5060. The molecule has 326 valence electrons.